The summed E-state index contributed by atoms with van der Waals surface area (Å²) < 4.78 is 1.97. The number of nitrogens with zero attached hydrogens (tertiary/aromatic N) is 5. The van der Waals surface area contributed by atoms with Gasteiger partial charge in [-0.15, -0.1) is 21.5 Å². The van der Waals surface area contributed by atoms with Crippen molar-refractivity contribution < 1.29 is 9.90 Å². The Morgan fingerprint density at radius 3 is 2.71 bits per heavy atom. The van der Waals surface area contributed by atoms with Gasteiger partial charge in [0.05, 0.1) is 17.4 Å². The van der Waals surface area contributed by atoms with E-state index >= 15 is 0 Å². The number of thiazole rings is 1. The first kappa shape index (κ1) is 18.3. The maximum absolute atomic E-state index is 10.9. The highest BCUT2D eigenvalue weighted by Gasteiger charge is 2.17. The second-order valence-electron chi connectivity index (χ2n) is 5.92. The van der Waals surface area contributed by atoms with Crippen LogP contribution >= 0.6 is 23.1 Å². The Balaban J connectivity index is 1.69. The van der Waals surface area contributed by atoms with Crippen LogP contribution in [0, 0.1) is 6.92 Å². The molecule has 7 nitrogen and oxygen atoms in total. The molecule has 0 saturated heterocycles. The molecule has 4 rings (SSSR count). The van der Waals surface area contributed by atoms with E-state index < -0.39 is 5.97 Å². The summed E-state index contributed by atoms with van der Waals surface area (Å²) in [7, 11) is 0. The molecule has 140 valence electrons. The molecule has 4 aromatic rings. The molecule has 0 aliphatic carbocycles. The van der Waals surface area contributed by atoms with Crippen LogP contribution < -0.4 is 5.11 Å². The molecular formula is C19H14N5O2S2-. The number of carbonyl (C=O) groups is 1. The molecule has 0 N–H and O–H groups in total. The Bertz CT molecular complexity index is 1110. The largest absolute Gasteiger partial charge is 0.543 e. The number of aromatic nitrogens is 5. The number of carbonyl (C=O) groups excluding carboxylic acids is 1. The van der Waals surface area contributed by atoms with Gasteiger partial charge in [0.2, 0.25) is 0 Å². The number of carboxylic acids is 1. The van der Waals surface area contributed by atoms with Gasteiger partial charge in [-0.25, -0.2) is 4.98 Å². The SMILES string of the molecule is Cc1ccc(-n2c(SCc3nc(C(=O)[O-])cs3)nnc2-c2cccnc2)cc1. The van der Waals surface area contributed by atoms with E-state index in [2.05, 4.69) is 20.2 Å². The Hall–Kier alpha value is -3.04. The predicted molar refractivity (Wildman–Crippen MR) is 105 cm³/mol. The van der Waals surface area contributed by atoms with Crippen LogP contribution in [0.4, 0.5) is 0 Å². The summed E-state index contributed by atoms with van der Waals surface area (Å²) in [5.74, 6) is -0.0992. The van der Waals surface area contributed by atoms with Gasteiger partial charge in [0.15, 0.2) is 11.0 Å². The quantitative estimate of drug-likeness (QED) is 0.453. The van der Waals surface area contributed by atoms with E-state index in [0.717, 1.165) is 16.8 Å². The number of benzene rings is 1. The first-order valence-corrected chi connectivity index (χ1v) is 10.2. The van der Waals surface area contributed by atoms with Gasteiger partial charge in [-0.3, -0.25) is 9.55 Å². The monoisotopic (exact) mass is 408 g/mol. The molecule has 0 unspecified atom stereocenters. The topological polar surface area (TPSA) is 96.6 Å². The highest BCUT2D eigenvalue weighted by atomic mass is 32.2. The molecule has 0 amide bonds. The van der Waals surface area contributed by atoms with Crippen molar-refractivity contribution in [2.75, 3.05) is 0 Å². The Kier molecular flexibility index (Phi) is 5.18. The zero-order chi connectivity index (χ0) is 19.5. The molecule has 0 aliphatic rings. The van der Waals surface area contributed by atoms with E-state index in [1.165, 1.54) is 28.5 Å². The molecule has 0 aliphatic heterocycles. The third-order valence-electron chi connectivity index (χ3n) is 3.93. The van der Waals surface area contributed by atoms with Gasteiger partial charge >= 0.3 is 0 Å². The fourth-order valence-corrected chi connectivity index (χ4v) is 4.30. The lowest BCUT2D eigenvalue weighted by atomic mass is 10.2. The minimum absolute atomic E-state index is 0.0448. The average molecular weight is 408 g/mol. The van der Waals surface area contributed by atoms with Gasteiger partial charge in [-0.2, -0.15) is 0 Å². The second kappa shape index (κ2) is 7.91. The third kappa shape index (κ3) is 3.80. The molecule has 0 radical (unpaired) electrons. The van der Waals surface area contributed by atoms with Crippen molar-refractivity contribution in [3.63, 3.8) is 0 Å². The van der Waals surface area contributed by atoms with Gasteiger partial charge in [0.25, 0.3) is 0 Å². The number of hydrogen-bond acceptors (Lipinski definition) is 8. The van der Waals surface area contributed by atoms with Crippen LogP contribution in [0.1, 0.15) is 21.1 Å². The Labute approximate surface area is 169 Å². The smallest absolute Gasteiger partial charge is 0.196 e. The molecule has 0 saturated carbocycles. The van der Waals surface area contributed by atoms with Crippen LogP contribution in [0.25, 0.3) is 17.1 Å². The summed E-state index contributed by atoms with van der Waals surface area (Å²) in [5.41, 5.74) is 2.91. The van der Waals surface area contributed by atoms with Crippen molar-refractivity contribution in [1.82, 2.24) is 24.7 Å². The lowest BCUT2D eigenvalue weighted by Gasteiger charge is -2.10. The molecule has 0 atom stereocenters. The molecule has 3 heterocycles. The molecular weight excluding hydrogens is 394 g/mol. The summed E-state index contributed by atoms with van der Waals surface area (Å²) >= 11 is 2.73. The van der Waals surface area contributed by atoms with Crippen molar-refractivity contribution in [2.45, 2.75) is 17.8 Å². The summed E-state index contributed by atoms with van der Waals surface area (Å²) in [6.07, 6.45) is 3.46. The van der Waals surface area contributed by atoms with Gasteiger partial charge in [0.1, 0.15) is 5.01 Å². The van der Waals surface area contributed by atoms with Gasteiger partial charge in [-0.05, 0) is 31.2 Å². The van der Waals surface area contributed by atoms with Crippen LogP contribution in [0.2, 0.25) is 0 Å². The number of pyridine rings is 1. The van der Waals surface area contributed by atoms with E-state index in [9.17, 15) is 9.90 Å². The summed E-state index contributed by atoms with van der Waals surface area (Å²) in [4.78, 5) is 19.2. The minimum Gasteiger partial charge on any atom is -0.543 e. The van der Waals surface area contributed by atoms with Crippen LogP contribution in [0.15, 0.2) is 59.3 Å². The third-order valence-corrected chi connectivity index (χ3v) is 5.90. The zero-order valence-electron chi connectivity index (χ0n) is 14.8. The van der Waals surface area contributed by atoms with Crippen molar-refractivity contribution in [1.29, 1.82) is 0 Å². The predicted octanol–water partition coefficient (Wildman–Crippen LogP) is 2.75. The van der Waals surface area contributed by atoms with Crippen LogP contribution in [-0.2, 0) is 5.75 Å². The molecule has 0 bridgehead atoms. The number of aromatic carboxylic acids is 1. The maximum Gasteiger partial charge on any atom is 0.196 e. The standard InChI is InChI=1S/C19H15N5O2S2/c1-12-4-6-14(7-5-12)24-17(13-3-2-8-20-9-13)22-23-19(24)28-11-16-21-15(10-27-16)18(25)26/h2-10H,11H2,1H3,(H,25,26)/p-1. The number of aryl methyl sites for hydroxylation is 1. The van der Waals surface area contributed by atoms with Crippen molar-refractivity contribution in [3.8, 4) is 17.1 Å². The van der Waals surface area contributed by atoms with Gasteiger partial charge in [0, 0.05) is 29.0 Å². The van der Waals surface area contributed by atoms with E-state index in [1.54, 1.807) is 12.4 Å². The normalized spacial score (nSPS) is 10.9. The molecule has 0 fully saturated rings. The first-order valence-electron chi connectivity index (χ1n) is 8.33. The summed E-state index contributed by atoms with van der Waals surface area (Å²) in [5, 5.41) is 22.5. The van der Waals surface area contributed by atoms with Crippen molar-refractivity contribution in [3.05, 3.63) is 70.4 Å². The zero-order valence-corrected chi connectivity index (χ0v) is 16.4. The van der Waals surface area contributed by atoms with E-state index in [1.807, 2.05) is 47.9 Å². The summed E-state index contributed by atoms with van der Waals surface area (Å²) in [6, 6.07) is 11.9. The maximum atomic E-state index is 10.9. The minimum atomic E-state index is -1.27. The average Bonchev–Trinajstić information content (AvgIpc) is 3.35. The number of thioether (sulfide) groups is 1. The molecule has 28 heavy (non-hydrogen) atoms. The highest BCUT2D eigenvalue weighted by molar-refractivity contribution is 7.98. The van der Waals surface area contributed by atoms with Crippen molar-refractivity contribution in [2.24, 2.45) is 0 Å². The van der Waals surface area contributed by atoms with Crippen molar-refractivity contribution >= 4 is 29.1 Å². The lowest BCUT2D eigenvalue weighted by molar-refractivity contribution is -0.255. The van der Waals surface area contributed by atoms with Crippen LogP contribution in [-0.4, -0.2) is 30.7 Å². The number of carboxylic acid groups (broad SMARTS) is 1. The molecule has 0 spiro atoms. The highest BCUT2D eigenvalue weighted by Crippen LogP contribution is 2.30. The second-order valence-corrected chi connectivity index (χ2v) is 7.81. The fraction of sp³-hybridized carbons (Fsp3) is 0.105. The van der Waals surface area contributed by atoms with Crippen LogP contribution in [0.3, 0.4) is 0 Å². The Morgan fingerprint density at radius 1 is 1.21 bits per heavy atom. The van der Waals surface area contributed by atoms with E-state index in [-0.39, 0.29) is 5.69 Å². The van der Waals surface area contributed by atoms with E-state index in [0.29, 0.717) is 21.7 Å². The number of hydrogen-bond donors (Lipinski definition) is 0. The first-order chi connectivity index (χ1) is 13.6. The van der Waals surface area contributed by atoms with Crippen LogP contribution in [0.5, 0.6) is 0 Å². The van der Waals surface area contributed by atoms with Gasteiger partial charge in [-0.1, -0.05) is 29.5 Å². The van der Waals surface area contributed by atoms with Gasteiger partial charge < -0.3 is 9.90 Å². The number of rotatable bonds is 6. The fourth-order valence-electron chi connectivity index (χ4n) is 2.57. The molecule has 1 aromatic carbocycles. The van der Waals surface area contributed by atoms with E-state index in [4.69, 9.17) is 0 Å². The lowest BCUT2D eigenvalue weighted by Crippen LogP contribution is -2.22. The summed E-state index contributed by atoms with van der Waals surface area (Å²) in [6.45, 7) is 2.03. The molecule has 9 heteroatoms. The molecule has 3 aromatic heterocycles. The Morgan fingerprint density at radius 2 is 2.04 bits per heavy atom.